The highest BCUT2D eigenvalue weighted by atomic mass is 32.1. The van der Waals surface area contributed by atoms with E-state index in [1.54, 1.807) is 12.2 Å². The van der Waals surface area contributed by atoms with Crippen LogP contribution in [0.4, 0.5) is 0 Å². The Hall–Kier alpha value is -1.57. The van der Waals surface area contributed by atoms with Gasteiger partial charge in [-0.15, -0.1) is 13.2 Å². The molecule has 1 saturated heterocycles. The summed E-state index contributed by atoms with van der Waals surface area (Å²) in [6, 6.07) is 0. The number of allylic oxidation sites excluding steroid dienone is 2. The lowest BCUT2D eigenvalue weighted by Gasteiger charge is -2.45. The second-order valence-corrected chi connectivity index (χ2v) is 5.84. The van der Waals surface area contributed by atoms with E-state index in [0.29, 0.717) is 26.2 Å². The second kappa shape index (κ2) is 8.90. The van der Waals surface area contributed by atoms with Crippen LogP contribution in [0.3, 0.4) is 0 Å². The van der Waals surface area contributed by atoms with Crippen LogP contribution in [-0.2, 0) is 9.59 Å². The summed E-state index contributed by atoms with van der Waals surface area (Å²) in [6.45, 7) is 9.46. The van der Waals surface area contributed by atoms with E-state index in [-0.39, 0.29) is 29.8 Å². The Morgan fingerprint density at radius 3 is 1.70 bits per heavy atom. The van der Waals surface area contributed by atoms with E-state index in [0.717, 1.165) is 0 Å². The molecule has 0 spiro atoms. The number of nitrogens with one attached hydrogen (secondary N) is 2. The summed E-state index contributed by atoms with van der Waals surface area (Å²) < 4.78 is 0. The van der Waals surface area contributed by atoms with Gasteiger partial charge in [-0.3, -0.25) is 19.4 Å². The van der Waals surface area contributed by atoms with E-state index < -0.39 is 5.41 Å². The van der Waals surface area contributed by atoms with Crippen molar-refractivity contribution in [2.24, 2.45) is 5.41 Å². The maximum Gasteiger partial charge on any atom is 0.245 e. The van der Waals surface area contributed by atoms with Gasteiger partial charge in [-0.2, -0.15) is 0 Å². The lowest BCUT2D eigenvalue weighted by molar-refractivity contribution is -0.156. The molecule has 0 aromatic carbocycles. The fourth-order valence-electron chi connectivity index (χ4n) is 2.69. The van der Waals surface area contributed by atoms with E-state index in [9.17, 15) is 9.59 Å². The first-order valence-electron chi connectivity index (χ1n) is 7.69. The van der Waals surface area contributed by atoms with Gasteiger partial charge in [0.05, 0.1) is 0 Å². The summed E-state index contributed by atoms with van der Waals surface area (Å²) in [5.41, 5.74) is -1.19. The SMILES string of the molecule is C=CCC1(CC=C)C(=O)N(CCNC)C(=S)N(CCNC)C1=O. The summed E-state index contributed by atoms with van der Waals surface area (Å²) in [6.07, 6.45) is 3.76. The molecule has 1 heterocycles. The Bertz CT molecular complexity index is 450. The molecule has 0 aromatic heterocycles. The molecule has 0 bridgehead atoms. The molecule has 2 amide bonds. The van der Waals surface area contributed by atoms with Crippen LogP contribution in [0, 0.1) is 5.41 Å². The fraction of sp³-hybridized carbons (Fsp3) is 0.562. The second-order valence-electron chi connectivity index (χ2n) is 5.47. The minimum Gasteiger partial charge on any atom is -0.318 e. The van der Waals surface area contributed by atoms with E-state index in [1.165, 1.54) is 9.80 Å². The number of hydrogen-bond acceptors (Lipinski definition) is 5. The zero-order valence-electron chi connectivity index (χ0n) is 13.9. The molecule has 1 aliphatic heterocycles. The average Bonchev–Trinajstić information content (AvgIpc) is 2.53. The molecule has 1 fully saturated rings. The summed E-state index contributed by atoms with van der Waals surface area (Å²) >= 11 is 5.40. The maximum atomic E-state index is 13.0. The lowest BCUT2D eigenvalue weighted by atomic mass is 9.76. The average molecular weight is 338 g/mol. The van der Waals surface area contributed by atoms with Crippen molar-refractivity contribution in [2.75, 3.05) is 40.3 Å². The zero-order valence-corrected chi connectivity index (χ0v) is 14.7. The van der Waals surface area contributed by atoms with Crippen LogP contribution < -0.4 is 10.6 Å². The number of rotatable bonds is 10. The van der Waals surface area contributed by atoms with Crippen molar-refractivity contribution in [2.45, 2.75) is 12.8 Å². The molecular weight excluding hydrogens is 312 g/mol. The zero-order chi connectivity index (χ0) is 17.5. The van der Waals surface area contributed by atoms with Crippen LogP contribution in [0.1, 0.15) is 12.8 Å². The van der Waals surface area contributed by atoms with Gasteiger partial charge >= 0.3 is 0 Å². The molecule has 6 nitrogen and oxygen atoms in total. The quantitative estimate of drug-likeness (QED) is 0.345. The van der Waals surface area contributed by atoms with E-state index >= 15 is 0 Å². The van der Waals surface area contributed by atoms with Crippen LogP contribution in [0.15, 0.2) is 25.3 Å². The first kappa shape index (κ1) is 19.5. The minimum absolute atomic E-state index is 0.261. The van der Waals surface area contributed by atoms with Crippen molar-refractivity contribution in [1.29, 1.82) is 0 Å². The van der Waals surface area contributed by atoms with Gasteiger partial charge in [-0.25, -0.2) is 0 Å². The highest BCUT2D eigenvalue weighted by Crippen LogP contribution is 2.37. The van der Waals surface area contributed by atoms with Crippen molar-refractivity contribution >= 4 is 29.1 Å². The van der Waals surface area contributed by atoms with Gasteiger partial charge in [0, 0.05) is 26.2 Å². The monoisotopic (exact) mass is 338 g/mol. The Morgan fingerprint density at radius 1 is 1.00 bits per heavy atom. The number of hydrogen-bond donors (Lipinski definition) is 2. The molecule has 23 heavy (non-hydrogen) atoms. The third kappa shape index (κ3) is 3.85. The van der Waals surface area contributed by atoms with Gasteiger partial charge in [-0.1, -0.05) is 12.2 Å². The molecule has 2 N–H and O–H groups in total. The van der Waals surface area contributed by atoms with Gasteiger partial charge in [0.2, 0.25) is 11.8 Å². The van der Waals surface area contributed by atoms with Gasteiger partial charge in [0.1, 0.15) is 5.41 Å². The molecule has 7 heteroatoms. The summed E-state index contributed by atoms with van der Waals surface area (Å²) in [4.78, 5) is 29.1. The Morgan fingerprint density at radius 2 is 1.39 bits per heavy atom. The molecule has 0 radical (unpaired) electrons. The molecule has 0 unspecified atom stereocenters. The lowest BCUT2D eigenvalue weighted by Crippen LogP contribution is -2.66. The standard InChI is InChI=1S/C16H26N4O2S/c1-5-7-16(8-6-2)13(21)19(11-9-17-3)15(23)20(14(16)22)12-10-18-4/h5-6,17-18H,1-2,7-12H2,3-4H3. The highest BCUT2D eigenvalue weighted by Gasteiger charge is 2.54. The number of likely N-dealkylation sites (N-methyl/N-ethyl adjacent to an activating group) is 2. The molecular formula is C16H26N4O2S. The number of carbonyl (C=O) groups is 2. The first-order chi connectivity index (χ1) is 11.0. The van der Waals surface area contributed by atoms with E-state index in [1.807, 2.05) is 14.1 Å². The topological polar surface area (TPSA) is 64.7 Å². The summed E-state index contributed by atoms with van der Waals surface area (Å²) in [5.74, 6) is -0.522. The number of carbonyl (C=O) groups excluding carboxylic acids is 2. The van der Waals surface area contributed by atoms with Gasteiger partial charge in [0.15, 0.2) is 5.11 Å². The van der Waals surface area contributed by atoms with Crippen molar-refractivity contribution in [3.63, 3.8) is 0 Å². The van der Waals surface area contributed by atoms with Crippen molar-refractivity contribution in [1.82, 2.24) is 20.4 Å². The highest BCUT2D eigenvalue weighted by molar-refractivity contribution is 7.80. The summed E-state index contributed by atoms with van der Waals surface area (Å²) in [5, 5.41) is 6.29. The molecule has 1 rings (SSSR count). The minimum atomic E-state index is -1.19. The third-order valence-corrected chi connectivity index (χ3v) is 4.37. The van der Waals surface area contributed by atoms with E-state index in [4.69, 9.17) is 12.2 Å². The Balaban J connectivity index is 3.27. The number of thiocarbonyl (C=S) groups is 1. The number of amides is 2. The van der Waals surface area contributed by atoms with Crippen LogP contribution in [0.25, 0.3) is 0 Å². The Labute approximate surface area is 143 Å². The van der Waals surface area contributed by atoms with Crippen LogP contribution in [0.2, 0.25) is 0 Å². The fourth-order valence-corrected chi connectivity index (χ4v) is 3.04. The molecule has 0 saturated carbocycles. The van der Waals surface area contributed by atoms with E-state index in [2.05, 4.69) is 23.8 Å². The molecule has 1 aliphatic rings. The first-order valence-corrected chi connectivity index (χ1v) is 8.09. The van der Waals surface area contributed by atoms with Gasteiger partial charge in [0.25, 0.3) is 0 Å². The van der Waals surface area contributed by atoms with Crippen LogP contribution >= 0.6 is 12.2 Å². The third-order valence-electron chi connectivity index (χ3n) is 3.93. The van der Waals surface area contributed by atoms with Crippen molar-refractivity contribution in [3.8, 4) is 0 Å². The molecule has 0 atom stereocenters. The van der Waals surface area contributed by atoms with Crippen molar-refractivity contribution < 1.29 is 9.59 Å². The smallest absolute Gasteiger partial charge is 0.245 e. The molecule has 0 aromatic rings. The summed E-state index contributed by atoms with van der Waals surface area (Å²) in [7, 11) is 3.62. The predicted octanol–water partition coefficient (Wildman–Crippen LogP) is 0.520. The normalized spacial score (nSPS) is 17.6. The number of nitrogens with zero attached hydrogens (tertiary/aromatic N) is 2. The largest absolute Gasteiger partial charge is 0.318 e. The molecule has 128 valence electrons. The maximum absolute atomic E-state index is 13.0. The van der Waals surface area contributed by atoms with Gasteiger partial charge in [-0.05, 0) is 39.2 Å². The Kier molecular flexibility index (Phi) is 7.54. The van der Waals surface area contributed by atoms with Gasteiger partial charge < -0.3 is 10.6 Å². The molecule has 0 aliphatic carbocycles. The van der Waals surface area contributed by atoms with Crippen LogP contribution in [0.5, 0.6) is 0 Å². The van der Waals surface area contributed by atoms with Crippen molar-refractivity contribution in [3.05, 3.63) is 25.3 Å². The van der Waals surface area contributed by atoms with Crippen LogP contribution in [-0.4, -0.2) is 67.0 Å². The predicted molar refractivity (Wildman–Crippen MR) is 95.9 cm³/mol.